The Hall–Kier alpha value is -1.88. The maximum absolute atomic E-state index is 13.6. The Morgan fingerprint density at radius 2 is 1.93 bits per heavy atom. The number of carbonyl (C=O) groups excluding carboxylic acids is 2. The van der Waals surface area contributed by atoms with E-state index in [4.69, 9.17) is 0 Å². The van der Waals surface area contributed by atoms with Crippen molar-refractivity contribution < 1.29 is 9.59 Å². The minimum absolute atomic E-state index is 0.00198. The summed E-state index contributed by atoms with van der Waals surface area (Å²) in [6.07, 6.45) is 1.67. The molecule has 158 valence electrons. The van der Waals surface area contributed by atoms with Gasteiger partial charge in [-0.3, -0.25) is 14.5 Å². The minimum Gasteiger partial charge on any atom is -0.354 e. The minimum atomic E-state index is -0.783. The first-order chi connectivity index (χ1) is 13.8. The molecule has 4 bridgehead atoms. The van der Waals surface area contributed by atoms with E-state index in [9.17, 15) is 9.59 Å². The normalized spacial score (nSPS) is 33.4. The van der Waals surface area contributed by atoms with E-state index in [1.807, 2.05) is 6.07 Å². The van der Waals surface area contributed by atoms with Gasteiger partial charge in [-0.05, 0) is 36.2 Å². The summed E-state index contributed by atoms with van der Waals surface area (Å²) in [4.78, 5) is 29.1. The molecule has 1 unspecified atom stereocenters. The van der Waals surface area contributed by atoms with Crippen molar-refractivity contribution in [3.8, 4) is 0 Å². The molecular weight excluding hydrogens is 362 g/mol. The fourth-order valence-electron chi connectivity index (χ4n) is 6.03. The molecule has 5 atom stereocenters. The van der Waals surface area contributed by atoms with E-state index >= 15 is 0 Å². The number of carbonyl (C=O) groups is 2. The fourth-order valence-corrected chi connectivity index (χ4v) is 6.03. The van der Waals surface area contributed by atoms with Crippen LogP contribution in [0.2, 0.25) is 0 Å². The molecule has 2 N–H and O–H groups in total. The van der Waals surface area contributed by atoms with E-state index < -0.39 is 5.54 Å². The second-order valence-corrected chi connectivity index (χ2v) is 10.1. The Morgan fingerprint density at radius 3 is 2.59 bits per heavy atom. The number of nitrogens with one attached hydrogen (secondary N) is 2. The largest absolute Gasteiger partial charge is 0.354 e. The molecule has 5 rings (SSSR count). The summed E-state index contributed by atoms with van der Waals surface area (Å²) in [5.41, 5.74) is 0.471. The number of rotatable bonds is 7. The van der Waals surface area contributed by atoms with Crippen molar-refractivity contribution in [3.63, 3.8) is 0 Å². The van der Waals surface area contributed by atoms with Crippen LogP contribution in [0.25, 0.3) is 0 Å². The monoisotopic (exact) mass is 397 g/mol. The molecule has 3 heterocycles. The van der Waals surface area contributed by atoms with Gasteiger partial charge in [-0.1, -0.05) is 58.0 Å². The van der Waals surface area contributed by atoms with Crippen molar-refractivity contribution in [1.82, 2.24) is 15.5 Å². The Kier molecular flexibility index (Phi) is 5.45. The smallest absolute Gasteiger partial charge is 0.247 e. The zero-order chi connectivity index (χ0) is 20.8. The predicted octanol–water partition coefficient (Wildman–Crippen LogP) is 2.46. The maximum atomic E-state index is 13.6. The third kappa shape index (κ3) is 3.48. The van der Waals surface area contributed by atoms with Gasteiger partial charge in [-0.25, -0.2) is 0 Å². The number of piperidine rings is 2. The van der Waals surface area contributed by atoms with Gasteiger partial charge in [0.1, 0.15) is 5.54 Å². The Labute approximate surface area is 174 Å². The van der Waals surface area contributed by atoms with Crippen LogP contribution in [0.1, 0.15) is 39.7 Å². The lowest BCUT2D eigenvalue weighted by molar-refractivity contribution is -0.154. The fraction of sp³-hybridized carbons (Fsp3) is 0.667. The van der Waals surface area contributed by atoms with Crippen LogP contribution in [0.4, 0.5) is 0 Å². The zero-order valence-corrected chi connectivity index (χ0v) is 18.2. The van der Waals surface area contributed by atoms with Gasteiger partial charge in [0.15, 0.2) is 0 Å². The highest BCUT2D eigenvalue weighted by Gasteiger charge is 2.70. The molecule has 29 heavy (non-hydrogen) atoms. The lowest BCUT2D eigenvalue weighted by atomic mass is 9.58. The molecule has 3 aliphatic heterocycles. The molecule has 5 heteroatoms. The molecule has 0 radical (unpaired) electrons. The number of likely N-dealkylation sites (tertiary alicyclic amines) is 1. The Balaban J connectivity index is 1.71. The zero-order valence-electron chi connectivity index (χ0n) is 18.2. The van der Waals surface area contributed by atoms with Crippen molar-refractivity contribution in [2.45, 2.75) is 52.1 Å². The highest BCUT2D eigenvalue weighted by molar-refractivity contribution is 5.97. The lowest BCUT2D eigenvalue weighted by Gasteiger charge is -2.55. The molecular formula is C24H35N3O2. The molecule has 0 spiro atoms. The van der Waals surface area contributed by atoms with Crippen LogP contribution in [0, 0.1) is 29.6 Å². The third-order valence-electron chi connectivity index (χ3n) is 7.05. The summed E-state index contributed by atoms with van der Waals surface area (Å²) in [7, 11) is 0. The van der Waals surface area contributed by atoms with Crippen molar-refractivity contribution in [1.29, 1.82) is 0 Å². The average Bonchev–Trinajstić information content (AvgIpc) is 2.89. The van der Waals surface area contributed by atoms with Crippen molar-refractivity contribution in [2.75, 3.05) is 19.6 Å². The molecule has 1 saturated carbocycles. The highest BCUT2D eigenvalue weighted by Crippen LogP contribution is 2.53. The van der Waals surface area contributed by atoms with E-state index in [-0.39, 0.29) is 35.6 Å². The van der Waals surface area contributed by atoms with Crippen molar-refractivity contribution in [3.05, 3.63) is 35.9 Å². The summed E-state index contributed by atoms with van der Waals surface area (Å²) in [5, 5.41) is 6.41. The van der Waals surface area contributed by atoms with Gasteiger partial charge in [-0.15, -0.1) is 0 Å². The Morgan fingerprint density at radius 1 is 1.21 bits per heavy atom. The molecule has 1 aliphatic carbocycles. The molecule has 2 amide bonds. The van der Waals surface area contributed by atoms with E-state index in [0.29, 0.717) is 18.4 Å². The molecule has 4 aliphatic rings. The van der Waals surface area contributed by atoms with Crippen molar-refractivity contribution >= 4 is 11.8 Å². The van der Waals surface area contributed by atoms with Crippen LogP contribution in [-0.4, -0.2) is 47.9 Å². The van der Waals surface area contributed by atoms with Crippen LogP contribution in [0.5, 0.6) is 0 Å². The van der Waals surface area contributed by atoms with E-state index in [1.54, 1.807) is 0 Å². The second kappa shape index (κ2) is 7.75. The van der Waals surface area contributed by atoms with Gasteiger partial charge < -0.3 is 10.6 Å². The summed E-state index contributed by atoms with van der Waals surface area (Å²) in [6, 6.07) is 10.5. The summed E-state index contributed by atoms with van der Waals surface area (Å²) < 4.78 is 0. The highest BCUT2D eigenvalue weighted by atomic mass is 16.2. The van der Waals surface area contributed by atoms with Crippen LogP contribution < -0.4 is 10.6 Å². The lowest BCUT2D eigenvalue weighted by Crippen LogP contribution is -2.78. The number of hydrogen-bond donors (Lipinski definition) is 2. The van der Waals surface area contributed by atoms with Gasteiger partial charge in [-0.2, -0.15) is 0 Å². The quantitative estimate of drug-likeness (QED) is 0.743. The van der Waals surface area contributed by atoms with Gasteiger partial charge in [0, 0.05) is 37.5 Å². The van der Waals surface area contributed by atoms with Crippen LogP contribution in [0.15, 0.2) is 30.3 Å². The number of nitrogens with zero attached hydrogens (tertiary/aromatic N) is 1. The molecule has 5 nitrogen and oxygen atoms in total. The first-order valence-electron chi connectivity index (χ1n) is 11.2. The van der Waals surface area contributed by atoms with Crippen LogP contribution in [-0.2, 0) is 16.0 Å². The van der Waals surface area contributed by atoms with Gasteiger partial charge >= 0.3 is 0 Å². The molecule has 4 fully saturated rings. The number of fused-ring (bicyclic) bond motifs is 1. The standard InChI is InChI=1S/C24H35N3O2/c1-15(2)12-25-23(29)24-18-11-20(22(28)26-24)19(10-17-8-6-5-7-9-17)21(24)27(14-18)13-16(3)4/h5-9,15-16,18-21H,10-14H2,1-4H3,(H,25,29)(H,26,28)/t18-,19-,20-,21?,24+/m1/s1. The third-order valence-corrected chi connectivity index (χ3v) is 7.05. The van der Waals surface area contributed by atoms with E-state index in [0.717, 1.165) is 25.9 Å². The predicted molar refractivity (Wildman–Crippen MR) is 114 cm³/mol. The summed E-state index contributed by atoms with van der Waals surface area (Å²) >= 11 is 0. The summed E-state index contributed by atoms with van der Waals surface area (Å²) in [6.45, 7) is 11.2. The molecule has 1 aromatic carbocycles. The topological polar surface area (TPSA) is 61.4 Å². The molecule has 1 aromatic rings. The number of benzene rings is 1. The van der Waals surface area contributed by atoms with Gasteiger partial charge in [0.05, 0.1) is 0 Å². The van der Waals surface area contributed by atoms with Crippen LogP contribution in [0.3, 0.4) is 0 Å². The first kappa shape index (κ1) is 20.4. The number of amides is 2. The summed E-state index contributed by atoms with van der Waals surface area (Å²) in [5.74, 6) is 1.39. The SMILES string of the molecule is CC(C)CNC(=O)[C@]12NC(=O)[C@@H]3C[C@@H]1CN(CC(C)C)C2[C@@H]3Cc1ccccc1. The van der Waals surface area contributed by atoms with Gasteiger partial charge in [0.25, 0.3) is 0 Å². The number of hydrogen-bond acceptors (Lipinski definition) is 3. The van der Waals surface area contributed by atoms with Gasteiger partial charge in [0.2, 0.25) is 11.8 Å². The van der Waals surface area contributed by atoms with E-state index in [2.05, 4.69) is 67.5 Å². The van der Waals surface area contributed by atoms with E-state index in [1.165, 1.54) is 5.56 Å². The molecule has 3 saturated heterocycles. The maximum Gasteiger partial charge on any atom is 0.247 e. The Bertz CT molecular complexity index is 763. The van der Waals surface area contributed by atoms with Crippen molar-refractivity contribution in [2.24, 2.45) is 29.6 Å². The van der Waals surface area contributed by atoms with Crippen LogP contribution >= 0.6 is 0 Å². The second-order valence-electron chi connectivity index (χ2n) is 10.1. The first-order valence-corrected chi connectivity index (χ1v) is 11.2. The molecule has 0 aromatic heterocycles. The average molecular weight is 398 g/mol.